The number of rotatable bonds is 9. The third-order valence-corrected chi connectivity index (χ3v) is 5.49. The predicted octanol–water partition coefficient (Wildman–Crippen LogP) is 6.11. The number of ether oxygens (including phenoxy) is 2. The number of carbonyl (C=O) groups is 2. The van der Waals surface area contributed by atoms with Gasteiger partial charge in [0.1, 0.15) is 12.4 Å². The fourth-order valence-corrected chi connectivity index (χ4v) is 3.55. The van der Waals surface area contributed by atoms with Gasteiger partial charge >= 0.3 is 12.1 Å². The normalized spacial score (nSPS) is 10.5. The van der Waals surface area contributed by atoms with E-state index in [2.05, 4.69) is 5.32 Å². The number of amides is 1. The van der Waals surface area contributed by atoms with E-state index < -0.39 is 12.1 Å². The lowest BCUT2D eigenvalue weighted by molar-refractivity contribution is -0.136. The first-order valence-corrected chi connectivity index (χ1v) is 11.0. The Morgan fingerprint density at radius 2 is 1.73 bits per heavy atom. The van der Waals surface area contributed by atoms with Crippen LogP contribution in [0.15, 0.2) is 60.7 Å². The molecule has 2 N–H and O–H groups in total. The minimum absolute atomic E-state index is 0.0516. The van der Waals surface area contributed by atoms with E-state index in [9.17, 15) is 9.59 Å². The van der Waals surface area contributed by atoms with Crippen LogP contribution in [0.1, 0.15) is 23.6 Å². The smallest absolute Gasteiger partial charge is 0.407 e. The van der Waals surface area contributed by atoms with Crippen molar-refractivity contribution in [2.24, 2.45) is 0 Å². The van der Waals surface area contributed by atoms with Gasteiger partial charge in [-0.3, -0.25) is 4.79 Å². The summed E-state index contributed by atoms with van der Waals surface area (Å²) in [5, 5.41) is 12.6. The standard InChI is InChI=1S/C25H23Cl2NO5/c1-2-32-23-9-7-19(18-5-3-4-16(10-18)12-24(29)30)13-20(23)14-28-25(31)33-15-17-6-8-21(26)22(27)11-17/h3-11,13H,2,12,14-15H2,1H3,(H,28,31)(H,29,30). The van der Waals surface area contributed by atoms with Crippen LogP contribution in [0.5, 0.6) is 5.75 Å². The van der Waals surface area contributed by atoms with Crippen LogP contribution in [-0.2, 0) is 29.1 Å². The van der Waals surface area contributed by atoms with Crippen LogP contribution in [0.3, 0.4) is 0 Å². The van der Waals surface area contributed by atoms with Gasteiger partial charge in [0.05, 0.1) is 23.1 Å². The van der Waals surface area contributed by atoms with Gasteiger partial charge in [-0.25, -0.2) is 4.79 Å². The van der Waals surface area contributed by atoms with Crippen molar-refractivity contribution in [2.45, 2.75) is 26.5 Å². The summed E-state index contributed by atoms with van der Waals surface area (Å²) in [6, 6.07) is 18.0. The van der Waals surface area contributed by atoms with Crippen molar-refractivity contribution in [1.29, 1.82) is 0 Å². The summed E-state index contributed by atoms with van der Waals surface area (Å²) >= 11 is 11.9. The average molecular weight is 488 g/mol. The van der Waals surface area contributed by atoms with Crippen LogP contribution in [-0.4, -0.2) is 23.8 Å². The minimum atomic E-state index is -0.886. The van der Waals surface area contributed by atoms with Gasteiger partial charge in [0.2, 0.25) is 0 Å². The first-order valence-electron chi connectivity index (χ1n) is 10.3. The van der Waals surface area contributed by atoms with E-state index in [-0.39, 0.29) is 19.6 Å². The molecule has 3 aromatic rings. The van der Waals surface area contributed by atoms with E-state index in [0.29, 0.717) is 28.0 Å². The first-order chi connectivity index (χ1) is 15.9. The fourth-order valence-electron chi connectivity index (χ4n) is 3.23. The molecule has 0 radical (unpaired) electrons. The van der Waals surface area contributed by atoms with E-state index in [1.807, 2.05) is 43.3 Å². The van der Waals surface area contributed by atoms with Gasteiger partial charge in [0.15, 0.2) is 0 Å². The first kappa shape index (κ1) is 24.4. The molecule has 0 aliphatic carbocycles. The highest BCUT2D eigenvalue weighted by Crippen LogP contribution is 2.28. The second-order valence-electron chi connectivity index (χ2n) is 7.20. The van der Waals surface area contributed by atoms with Gasteiger partial charge in [-0.2, -0.15) is 0 Å². The Kier molecular flexibility index (Phi) is 8.58. The Hall–Kier alpha value is -3.22. The number of hydrogen-bond acceptors (Lipinski definition) is 4. The van der Waals surface area contributed by atoms with Gasteiger partial charge in [0.25, 0.3) is 0 Å². The van der Waals surface area contributed by atoms with Crippen molar-refractivity contribution < 1.29 is 24.2 Å². The number of carboxylic acids is 1. The molecule has 6 nitrogen and oxygen atoms in total. The molecule has 0 heterocycles. The van der Waals surface area contributed by atoms with Crippen molar-refractivity contribution in [3.05, 3.63) is 87.4 Å². The molecule has 8 heteroatoms. The van der Waals surface area contributed by atoms with Gasteiger partial charge in [0, 0.05) is 12.1 Å². The highest BCUT2D eigenvalue weighted by molar-refractivity contribution is 6.42. The number of aliphatic carboxylic acids is 1. The molecule has 3 aromatic carbocycles. The van der Waals surface area contributed by atoms with Crippen LogP contribution in [0.4, 0.5) is 4.79 Å². The Morgan fingerprint density at radius 3 is 2.45 bits per heavy atom. The fraction of sp³-hybridized carbons (Fsp3) is 0.200. The van der Waals surface area contributed by atoms with E-state index in [4.69, 9.17) is 37.8 Å². The third-order valence-electron chi connectivity index (χ3n) is 4.75. The number of carboxylic acid groups (broad SMARTS) is 1. The minimum Gasteiger partial charge on any atom is -0.494 e. The zero-order valence-electron chi connectivity index (χ0n) is 17.9. The average Bonchev–Trinajstić information content (AvgIpc) is 2.79. The van der Waals surface area contributed by atoms with Crippen LogP contribution < -0.4 is 10.1 Å². The summed E-state index contributed by atoms with van der Waals surface area (Å²) in [4.78, 5) is 23.3. The van der Waals surface area contributed by atoms with Crippen molar-refractivity contribution in [3.8, 4) is 16.9 Å². The molecule has 0 saturated heterocycles. The molecule has 0 fully saturated rings. The van der Waals surface area contributed by atoms with Crippen molar-refractivity contribution in [1.82, 2.24) is 5.32 Å². The van der Waals surface area contributed by atoms with Crippen LogP contribution in [0.2, 0.25) is 10.0 Å². The summed E-state index contributed by atoms with van der Waals surface area (Å²) in [7, 11) is 0. The van der Waals surface area contributed by atoms with Crippen LogP contribution in [0, 0.1) is 0 Å². The number of nitrogens with one attached hydrogen (secondary N) is 1. The number of hydrogen-bond donors (Lipinski definition) is 2. The van der Waals surface area contributed by atoms with E-state index in [0.717, 1.165) is 22.3 Å². The number of benzene rings is 3. The third kappa shape index (κ3) is 7.14. The van der Waals surface area contributed by atoms with Crippen molar-refractivity contribution in [3.63, 3.8) is 0 Å². The second-order valence-corrected chi connectivity index (χ2v) is 8.02. The molecule has 1 amide bonds. The lowest BCUT2D eigenvalue weighted by atomic mass is 9.99. The highest BCUT2D eigenvalue weighted by atomic mass is 35.5. The summed E-state index contributed by atoms with van der Waals surface area (Å²) in [5.74, 6) is -0.240. The molecular formula is C25H23Cl2NO5. The van der Waals surface area contributed by atoms with Gasteiger partial charge in [-0.05, 0) is 53.4 Å². The second kappa shape index (κ2) is 11.6. The zero-order chi connectivity index (χ0) is 23.8. The van der Waals surface area contributed by atoms with E-state index in [1.165, 1.54) is 0 Å². The van der Waals surface area contributed by atoms with Crippen LogP contribution in [0.25, 0.3) is 11.1 Å². The topological polar surface area (TPSA) is 84.9 Å². The molecule has 3 rings (SSSR count). The molecule has 33 heavy (non-hydrogen) atoms. The van der Waals surface area contributed by atoms with E-state index >= 15 is 0 Å². The molecule has 0 aromatic heterocycles. The molecule has 0 aliphatic heterocycles. The summed E-state index contributed by atoms with van der Waals surface area (Å²) in [5.41, 5.74) is 3.95. The van der Waals surface area contributed by atoms with Crippen molar-refractivity contribution >= 4 is 35.3 Å². The lowest BCUT2D eigenvalue weighted by Gasteiger charge is -2.14. The number of halogens is 2. The molecule has 0 unspecified atom stereocenters. The quantitative estimate of drug-likeness (QED) is 0.380. The summed E-state index contributed by atoms with van der Waals surface area (Å²) < 4.78 is 11.0. The molecule has 0 spiro atoms. The Labute approximate surface area is 202 Å². The predicted molar refractivity (Wildman–Crippen MR) is 128 cm³/mol. The Bertz CT molecular complexity index is 1150. The number of alkyl carbamates (subject to hydrolysis) is 1. The highest BCUT2D eigenvalue weighted by Gasteiger charge is 2.11. The number of carbonyl (C=O) groups excluding carboxylic acids is 1. The van der Waals surface area contributed by atoms with Gasteiger partial charge in [-0.15, -0.1) is 0 Å². The molecule has 0 bridgehead atoms. The summed E-state index contributed by atoms with van der Waals surface area (Å²) in [6.07, 6.45) is -0.637. The van der Waals surface area contributed by atoms with Crippen LogP contribution >= 0.6 is 23.2 Å². The van der Waals surface area contributed by atoms with Crippen molar-refractivity contribution in [2.75, 3.05) is 6.61 Å². The van der Waals surface area contributed by atoms with Gasteiger partial charge < -0.3 is 19.9 Å². The molecule has 0 saturated carbocycles. The maximum Gasteiger partial charge on any atom is 0.407 e. The van der Waals surface area contributed by atoms with E-state index in [1.54, 1.807) is 24.3 Å². The zero-order valence-corrected chi connectivity index (χ0v) is 19.4. The monoisotopic (exact) mass is 487 g/mol. The molecule has 0 aliphatic rings. The Balaban J connectivity index is 1.70. The Morgan fingerprint density at radius 1 is 0.939 bits per heavy atom. The summed E-state index contributed by atoms with van der Waals surface area (Å²) in [6.45, 7) is 2.60. The maximum atomic E-state index is 12.2. The molecule has 172 valence electrons. The maximum absolute atomic E-state index is 12.2. The molecule has 0 atom stereocenters. The largest absolute Gasteiger partial charge is 0.494 e. The SMILES string of the molecule is CCOc1ccc(-c2cccc(CC(=O)O)c2)cc1CNC(=O)OCc1ccc(Cl)c(Cl)c1. The van der Waals surface area contributed by atoms with Gasteiger partial charge in [-0.1, -0.05) is 59.6 Å². The lowest BCUT2D eigenvalue weighted by Crippen LogP contribution is -2.24. The molecular weight excluding hydrogens is 465 g/mol.